The normalized spacial score (nSPS) is 19.1. The summed E-state index contributed by atoms with van der Waals surface area (Å²) >= 11 is 0. The minimum Gasteiger partial charge on any atom is -0.384 e. The van der Waals surface area contributed by atoms with Gasteiger partial charge >= 0.3 is 0 Å². The van der Waals surface area contributed by atoms with Gasteiger partial charge in [0.05, 0.1) is 11.0 Å². The number of benzene rings is 2. The van der Waals surface area contributed by atoms with Crippen molar-refractivity contribution < 1.29 is 0 Å². The number of unbranched alkanes of at least 4 members (excludes halogenated alkanes) is 2. The van der Waals surface area contributed by atoms with Crippen molar-refractivity contribution in [2.45, 2.75) is 46.1 Å². The lowest BCUT2D eigenvalue weighted by Gasteiger charge is -2.34. The third kappa shape index (κ3) is 5.50. The summed E-state index contributed by atoms with van der Waals surface area (Å²) < 4.78 is 1.86. The van der Waals surface area contributed by atoms with Crippen LogP contribution in [0.3, 0.4) is 0 Å². The number of hydrogen-bond donors (Lipinski definition) is 2. The Kier molecular flexibility index (Phi) is 7.23. The van der Waals surface area contributed by atoms with E-state index in [9.17, 15) is 4.79 Å². The summed E-state index contributed by atoms with van der Waals surface area (Å²) in [5.74, 6) is 1.56. The highest BCUT2D eigenvalue weighted by Crippen LogP contribution is 2.22. The molecule has 0 spiro atoms. The molecule has 0 saturated carbocycles. The number of amidine groups is 1. The molecule has 6 nitrogen and oxygen atoms in total. The van der Waals surface area contributed by atoms with Gasteiger partial charge in [0.15, 0.2) is 0 Å². The molecule has 2 unspecified atom stereocenters. The monoisotopic (exact) mass is 445 g/mol. The minimum atomic E-state index is -0.0897. The standard InChI is InChI=1S/C27H35N5O/c1-19-15-20(2)18-31(17-19)13-6-3-7-14-32-24-12-5-4-11-23(24)30-25(27(32)33)21-9-8-10-22(16-21)26(28)29/h4-5,8-12,16,19-20H,3,6-7,13-15,17-18H2,1-2H3,(H3,28,29). The molecule has 1 saturated heterocycles. The van der Waals surface area contributed by atoms with Gasteiger partial charge in [-0.25, -0.2) is 4.98 Å². The highest BCUT2D eigenvalue weighted by Gasteiger charge is 2.21. The summed E-state index contributed by atoms with van der Waals surface area (Å²) in [6.07, 6.45) is 4.55. The fourth-order valence-electron chi connectivity index (χ4n) is 5.19. The molecule has 6 heteroatoms. The van der Waals surface area contributed by atoms with E-state index in [2.05, 4.69) is 23.7 Å². The number of nitrogen functional groups attached to an aromatic ring is 1. The maximum atomic E-state index is 13.5. The number of aromatic nitrogens is 2. The zero-order valence-electron chi connectivity index (χ0n) is 19.8. The summed E-state index contributed by atoms with van der Waals surface area (Å²) in [4.78, 5) is 20.7. The Morgan fingerprint density at radius 3 is 2.52 bits per heavy atom. The van der Waals surface area contributed by atoms with Crippen molar-refractivity contribution in [3.05, 3.63) is 64.4 Å². The van der Waals surface area contributed by atoms with E-state index in [-0.39, 0.29) is 11.4 Å². The number of aryl methyl sites for hydroxylation is 1. The fraction of sp³-hybridized carbons (Fsp3) is 0.444. The van der Waals surface area contributed by atoms with Crippen LogP contribution < -0.4 is 11.3 Å². The average molecular weight is 446 g/mol. The van der Waals surface area contributed by atoms with Crippen LogP contribution in [0.4, 0.5) is 0 Å². The molecule has 1 aliphatic rings. The fourth-order valence-corrected chi connectivity index (χ4v) is 5.19. The number of likely N-dealkylation sites (tertiary alicyclic amines) is 1. The van der Waals surface area contributed by atoms with Gasteiger partial charge < -0.3 is 15.2 Å². The van der Waals surface area contributed by atoms with E-state index >= 15 is 0 Å². The van der Waals surface area contributed by atoms with Crippen LogP contribution in [-0.4, -0.2) is 39.9 Å². The number of nitrogens with two attached hydrogens (primary N) is 1. The summed E-state index contributed by atoms with van der Waals surface area (Å²) in [6.45, 7) is 8.95. The summed E-state index contributed by atoms with van der Waals surface area (Å²) in [5, 5.41) is 7.72. The maximum Gasteiger partial charge on any atom is 0.277 e. The average Bonchev–Trinajstić information content (AvgIpc) is 2.79. The second kappa shape index (κ2) is 10.3. The molecule has 174 valence electrons. The third-order valence-corrected chi connectivity index (χ3v) is 6.60. The molecule has 0 amide bonds. The quantitative estimate of drug-likeness (QED) is 0.304. The first-order valence-corrected chi connectivity index (χ1v) is 12.1. The molecule has 0 aliphatic carbocycles. The van der Waals surface area contributed by atoms with Crippen LogP contribution in [0.2, 0.25) is 0 Å². The topological polar surface area (TPSA) is 88.0 Å². The SMILES string of the molecule is CC1CC(C)CN(CCCCCn2c(=O)c(-c3cccc(C(=N)N)c3)nc3ccccc32)C1. The van der Waals surface area contributed by atoms with Crippen LogP contribution in [0.25, 0.3) is 22.3 Å². The predicted molar refractivity (Wildman–Crippen MR) is 136 cm³/mol. The van der Waals surface area contributed by atoms with Crippen molar-refractivity contribution >= 4 is 16.9 Å². The number of nitrogens with zero attached hydrogens (tertiary/aromatic N) is 3. The highest BCUT2D eigenvalue weighted by molar-refractivity contribution is 5.96. The van der Waals surface area contributed by atoms with Crippen molar-refractivity contribution in [2.75, 3.05) is 19.6 Å². The first-order chi connectivity index (χ1) is 15.9. The van der Waals surface area contributed by atoms with Gasteiger partial charge in [-0.1, -0.05) is 50.6 Å². The van der Waals surface area contributed by atoms with Gasteiger partial charge in [0.1, 0.15) is 11.5 Å². The van der Waals surface area contributed by atoms with E-state index in [0.29, 0.717) is 23.4 Å². The Balaban J connectivity index is 1.50. The largest absolute Gasteiger partial charge is 0.384 e. The van der Waals surface area contributed by atoms with Gasteiger partial charge in [-0.15, -0.1) is 0 Å². The molecule has 4 rings (SSSR count). The zero-order valence-corrected chi connectivity index (χ0v) is 19.8. The number of fused-ring (bicyclic) bond motifs is 1. The van der Waals surface area contributed by atoms with Gasteiger partial charge in [0.2, 0.25) is 0 Å². The van der Waals surface area contributed by atoms with Crippen LogP contribution in [0.5, 0.6) is 0 Å². The van der Waals surface area contributed by atoms with Crippen molar-refractivity contribution in [1.82, 2.24) is 14.5 Å². The van der Waals surface area contributed by atoms with E-state index in [1.54, 1.807) is 12.1 Å². The summed E-state index contributed by atoms with van der Waals surface area (Å²) in [7, 11) is 0. The highest BCUT2D eigenvalue weighted by atomic mass is 16.1. The van der Waals surface area contributed by atoms with Gasteiger partial charge in [0.25, 0.3) is 5.56 Å². The molecule has 0 radical (unpaired) electrons. The van der Waals surface area contributed by atoms with Crippen molar-refractivity contribution in [3.63, 3.8) is 0 Å². The molecular weight excluding hydrogens is 410 g/mol. The van der Waals surface area contributed by atoms with E-state index in [1.807, 2.05) is 41.0 Å². The van der Waals surface area contributed by atoms with E-state index in [1.165, 1.54) is 19.5 Å². The first kappa shape index (κ1) is 23.2. The smallest absolute Gasteiger partial charge is 0.277 e. The molecule has 3 N–H and O–H groups in total. The Labute approximate surface area is 196 Å². The van der Waals surface area contributed by atoms with Crippen LogP contribution in [-0.2, 0) is 6.54 Å². The Morgan fingerprint density at radius 2 is 1.76 bits per heavy atom. The molecule has 2 atom stereocenters. The van der Waals surface area contributed by atoms with Gasteiger partial charge in [-0.05, 0) is 55.8 Å². The van der Waals surface area contributed by atoms with Crippen molar-refractivity contribution in [1.29, 1.82) is 5.41 Å². The molecule has 1 aromatic heterocycles. The Morgan fingerprint density at radius 1 is 1.03 bits per heavy atom. The van der Waals surface area contributed by atoms with Crippen molar-refractivity contribution in [3.8, 4) is 11.3 Å². The molecule has 2 aromatic carbocycles. The second-order valence-corrected chi connectivity index (χ2v) is 9.67. The lowest BCUT2D eigenvalue weighted by Crippen LogP contribution is -2.39. The van der Waals surface area contributed by atoms with Crippen molar-refractivity contribution in [2.24, 2.45) is 17.6 Å². The molecule has 2 heterocycles. The number of para-hydroxylation sites is 2. The minimum absolute atomic E-state index is 0.0181. The van der Waals surface area contributed by atoms with Crippen LogP contribution in [0.1, 0.15) is 45.1 Å². The summed E-state index contributed by atoms with van der Waals surface area (Å²) in [5.41, 5.74) is 8.94. The molecule has 1 aliphatic heterocycles. The van der Waals surface area contributed by atoms with Crippen LogP contribution in [0.15, 0.2) is 53.3 Å². The lowest BCUT2D eigenvalue weighted by molar-refractivity contribution is 0.138. The number of piperidine rings is 1. The van der Waals surface area contributed by atoms with E-state index < -0.39 is 0 Å². The molecular formula is C27H35N5O. The predicted octanol–water partition coefficient (Wildman–Crippen LogP) is 4.50. The van der Waals surface area contributed by atoms with Gasteiger partial charge in [-0.3, -0.25) is 10.2 Å². The third-order valence-electron chi connectivity index (χ3n) is 6.60. The molecule has 0 bridgehead atoms. The van der Waals surface area contributed by atoms with Gasteiger partial charge in [-0.2, -0.15) is 0 Å². The van der Waals surface area contributed by atoms with E-state index in [4.69, 9.17) is 11.1 Å². The lowest BCUT2D eigenvalue weighted by atomic mass is 9.92. The number of hydrogen-bond acceptors (Lipinski definition) is 4. The number of nitrogens with one attached hydrogen (secondary N) is 1. The summed E-state index contributed by atoms with van der Waals surface area (Å²) in [6, 6.07) is 15.0. The molecule has 33 heavy (non-hydrogen) atoms. The maximum absolute atomic E-state index is 13.5. The molecule has 3 aromatic rings. The number of rotatable bonds is 8. The Bertz CT molecular complexity index is 1170. The zero-order chi connectivity index (χ0) is 23.4. The van der Waals surface area contributed by atoms with E-state index in [0.717, 1.165) is 48.7 Å². The van der Waals surface area contributed by atoms with Crippen LogP contribution in [0, 0.1) is 17.2 Å². The van der Waals surface area contributed by atoms with Gasteiger partial charge in [0, 0.05) is 30.8 Å². The second-order valence-electron chi connectivity index (χ2n) is 9.67. The van der Waals surface area contributed by atoms with Crippen LogP contribution >= 0.6 is 0 Å². The molecule has 1 fully saturated rings. The Hall–Kier alpha value is -2.99. The first-order valence-electron chi connectivity index (χ1n) is 12.1.